The van der Waals surface area contributed by atoms with Gasteiger partial charge in [0.1, 0.15) is 5.60 Å². The summed E-state index contributed by atoms with van der Waals surface area (Å²) in [5, 5.41) is 9.89. The van der Waals surface area contributed by atoms with Crippen molar-refractivity contribution in [2.24, 2.45) is 17.8 Å². The Morgan fingerprint density at radius 3 is 2.11 bits per heavy atom. The summed E-state index contributed by atoms with van der Waals surface area (Å²) in [5.41, 5.74) is -3.00. The third-order valence-electron chi connectivity index (χ3n) is 4.18. The molecule has 2 bridgehead atoms. The van der Waals surface area contributed by atoms with Gasteiger partial charge in [-0.15, -0.1) is 0 Å². The molecule has 1 saturated carbocycles. The van der Waals surface area contributed by atoms with Gasteiger partial charge >= 0.3 is 17.9 Å². The largest absolute Gasteiger partial charge is 0.456 e. The van der Waals surface area contributed by atoms with E-state index in [9.17, 15) is 31.9 Å². The molecule has 0 saturated heterocycles. The molecule has 19 heavy (non-hydrogen) atoms. The lowest BCUT2D eigenvalue weighted by molar-refractivity contribution is -0.235. The van der Waals surface area contributed by atoms with E-state index in [-0.39, 0.29) is 12.3 Å². The normalized spacial score (nSPS) is 33.5. The highest BCUT2D eigenvalue weighted by molar-refractivity contribution is 5.91. The number of ketones is 1. The third-order valence-corrected chi connectivity index (χ3v) is 4.18. The third kappa shape index (κ3) is 2.07. The summed E-state index contributed by atoms with van der Waals surface area (Å²) in [6.07, 6.45) is -1.52. The second-order valence-electron chi connectivity index (χ2n) is 5.44. The van der Waals surface area contributed by atoms with Crippen molar-refractivity contribution in [2.75, 3.05) is 0 Å². The number of hydrogen-bond donors (Lipinski definition) is 1. The van der Waals surface area contributed by atoms with E-state index < -0.39 is 35.3 Å². The average Bonchev–Trinajstić information content (AvgIpc) is 2.88. The van der Waals surface area contributed by atoms with Crippen LogP contribution in [-0.4, -0.2) is 28.6 Å². The van der Waals surface area contributed by atoms with Crippen molar-refractivity contribution in [2.45, 2.75) is 37.5 Å². The molecule has 0 radical (unpaired) electrons. The highest BCUT2D eigenvalue weighted by Crippen LogP contribution is 2.53. The Morgan fingerprint density at radius 1 is 1.16 bits per heavy atom. The summed E-state index contributed by atoms with van der Waals surface area (Å²) in [6, 6.07) is 0. The van der Waals surface area contributed by atoms with E-state index in [1.165, 1.54) is 0 Å². The Labute approximate surface area is 106 Å². The molecule has 0 aromatic carbocycles. The van der Waals surface area contributed by atoms with Crippen LogP contribution >= 0.6 is 0 Å². The topological polar surface area (TPSA) is 37.3 Å². The number of allylic oxidation sites excluding steroid dienone is 2. The Kier molecular flexibility index (Phi) is 3.04. The molecule has 2 aliphatic carbocycles. The van der Waals surface area contributed by atoms with Crippen LogP contribution < -0.4 is 0 Å². The van der Waals surface area contributed by atoms with Crippen LogP contribution in [0.15, 0.2) is 12.2 Å². The van der Waals surface area contributed by atoms with Gasteiger partial charge < -0.3 is 5.11 Å². The second kappa shape index (κ2) is 4.01. The van der Waals surface area contributed by atoms with Crippen LogP contribution in [0.5, 0.6) is 0 Å². The molecule has 108 valence electrons. The maximum absolute atomic E-state index is 13.7. The van der Waals surface area contributed by atoms with Gasteiger partial charge in [-0.05, 0) is 31.6 Å². The van der Waals surface area contributed by atoms with Crippen LogP contribution in [0.3, 0.4) is 0 Å². The minimum Gasteiger partial charge on any atom is -0.383 e. The van der Waals surface area contributed by atoms with Gasteiger partial charge in [0.05, 0.1) is 0 Å². The molecule has 2 rings (SSSR count). The molecule has 0 heterocycles. The summed E-state index contributed by atoms with van der Waals surface area (Å²) in [7, 11) is 0. The van der Waals surface area contributed by atoms with Crippen molar-refractivity contribution in [3.63, 3.8) is 0 Å². The van der Waals surface area contributed by atoms with Gasteiger partial charge in [0, 0.05) is 5.92 Å². The highest BCUT2D eigenvalue weighted by Gasteiger charge is 2.67. The SMILES string of the molecule is CC(O)(C1CC2C=CC1C2)C(F)(F)C(=O)C(F)(F)F. The number of halogens is 5. The zero-order valence-electron chi connectivity index (χ0n) is 10.0. The lowest BCUT2D eigenvalue weighted by Gasteiger charge is -2.39. The van der Waals surface area contributed by atoms with Crippen LogP contribution in [0, 0.1) is 17.8 Å². The number of hydrogen-bond acceptors (Lipinski definition) is 2. The van der Waals surface area contributed by atoms with Gasteiger partial charge in [0.2, 0.25) is 0 Å². The Balaban J connectivity index is 2.28. The minimum atomic E-state index is -5.67. The maximum Gasteiger partial charge on any atom is 0.456 e. The summed E-state index contributed by atoms with van der Waals surface area (Å²) in [4.78, 5) is 10.8. The molecule has 0 aromatic rings. The van der Waals surface area contributed by atoms with Gasteiger partial charge in [0.25, 0.3) is 0 Å². The van der Waals surface area contributed by atoms with Crippen LogP contribution in [-0.2, 0) is 4.79 Å². The summed E-state index contributed by atoms with van der Waals surface area (Å²) < 4.78 is 64.0. The van der Waals surface area contributed by atoms with Crippen LogP contribution in [0.4, 0.5) is 22.0 Å². The molecule has 0 spiro atoms. The fourth-order valence-corrected chi connectivity index (χ4v) is 3.07. The van der Waals surface area contributed by atoms with Gasteiger partial charge in [0.15, 0.2) is 0 Å². The van der Waals surface area contributed by atoms with Gasteiger partial charge in [-0.1, -0.05) is 12.2 Å². The lowest BCUT2D eigenvalue weighted by Crippen LogP contribution is -2.59. The van der Waals surface area contributed by atoms with E-state index in [1.807, 2.05) is 0 Å². The predicted octanol–water partition coefficient (Wildman–Crippen LogP) is 2.72. The number of carbonyl (C=O) groups excluding carboxylic acids is 1. The van der Waals surface area contributed by atoms with Gasteiger partial charge in [-0.25, -0.2) is 0 Å². The molecule has 1 N–H and O–H groups in total. The van der Waals surface area contributed by atoms with Crippen molar-refractivity contribution in [1.29, 1.82) is 0 Å². The fraction of sp³-hybridized carbons (Fsp3) is 0.750. The predicted molar refractivity (Wildman–Crippen MR) is 55.5 cm³/mol. The number of fused-ring (bicyclic) bond motifs is 2. The lowest BCUT2D eigenvalue weighted by atomic mass is 9.74. The summed E-state index contributed by atoms with van der Waals surface area (Å²) in [6.45, 7) is 0.621. The monoisotopic (exact) mass is 284 g/mol. The van der Waals surface area contributed by atoms with Crippen molar-refractivity contribution in [3.05, 3.63) is 12.2 Å². The highest BCUT2D eigenvalue weighted by atomic mass is 19.4. The molecule has 0 aliphatic heterocycles. The Hall–Kier alpha value is -0.980. The molecule has 2 nitrogen and oxygen atoms in total. The van der Waals surface area contributed by atoms with Crippen molar-refractivity contribution in [3.8, 4) is 0 Å². The van der Waals surface area contributed by atoms with Gasteiger partial charge in [-0.3, -0.25) is 4.79 Å². The molecule has 4 unspecified atom stereocenters. The first-order chi connectivity index (χ1) is 8.48. The first-order valence-corrected chi connectivity index (χ1v) is 5.88. The maximum atomic E-state index is 13.7. The molecule has 0 amide bonds. The van der Waals surface area contributed by atoms with E-state index in [4.69, 9.17) is 0 Å². The standard InChI is InChI=1S/C12H13F5O2/c1-10(19,8-5-6-2-3-7(8)4-6)11(13,14)9(18)12(15,16)17/h2-3,6-8,19H,4-5H2,1H3. The molecule has 4 atom stereocenters. The van der Waals surface area contributed by atoms with Crippen molar-refractivity contribution < 1.29 is 31.9 Å². The van der Waals surface area contributed by atoms with E-state index in [0.29, 0.717) is 13.3 Å². The summed E-state index contributed by atoms with van der Waals surface area (Å²) in [5.74, 6) is -9.46. The zero-order valence-corrected chi connectivity index (χ0v) is 10.0. The smallest absolute Gasteiger partial charge is 0.383 e. The van der Waals surface area contributed by atoms with Crippen molar-refractivity contribution >= 4 is 5.78 Å². The van der Waals surface area contributed by atoms with Crippen LogP contribution in [0.1, 0.15) is 19.8 Å². The number of aliphatic hydroxyl groups is 1. The van der Waals surface area contributed by atoms with E-state index >= 15 is 0 Å². The second-order valence-corrected chi connectivity index (χ2v) is 5.44. The molecular weight excluding hydrogens is 271 g/mol. The Morgan fingerprint density at radius 2 is 1.74 bits per heavy atom. The number of Topliss-reactive ketones (excluding diaryl/α,β-unsaturated/α-hetero) is 1. The zero-order chi connectivity index (χ0) is 14.6. The first kappa shape index (κ1) is 14.4. The first-order valence-electron chi connectivity index (χ1n) is 5.88. The number of carbonyl (C=O) groups is 1. The molecule has 0 aromatic heterocycles. The van der Waals surface area contributed by atoms with E-state index in [2.05, 4.69) is 0 Å². The van der Waals surface area contributed by atoms with Crippen LogP contribution in [0.25, 0.3) is 0 Å². The van der Waals surface area contributed by atoms with E-state index in [0.717, 1.165) is 0 Å². The summed E-state index contributed by atoms with van der Waals surface area (Å²) >= 11 is 0. The van der Waals surface area contributed by atoms with Crippen LogP contribution in [0.2, 0.25) is 0 Å². The minimum absolute atomic E-state index is 0.00161. The van der Waals surface area contributed by atoms with E-state index in [1.54, 1.807) is 12.2 Å². The van der Waals surface area contributed by atoms with Gasteiger partial charge in [-0.2, -0.15) is 22.0 Å². The fourth-order valence-electron chi connectivity index (χ4n) is 3.07. The molecule has 7 heteroatoms. The Bertz CT molecular complexity index is 424. The molecule has 1 fully saturated rings. The number of alkyl halides is 5. The average molecular weight is 284 g/mol. The number of rotatable bonds is 3. The molecule has 2 aliphatic rings. The van der Waals surface area contributed by atoms with Crippen molar-refractivity contribution in [1.82, 2.24) is 0 Å². The molecular formula is C12H13F5O2. The quantitative estimate of drug-likeness (QED) is 0.639.